The summed E-state index contributed by atoms with van der Waals surface area (Å²) in [5.41, 5.74) is 0. The monoisotopic (exact) mass is 187 g/mol. The summed E-state index contributed by atoms with van der Waals surface area (Å²) in [6, 6.07) is 0.244. The smallest absolute Gasteiger partial charge is 0.0957 e. The second-order valence-electron chi connectivity index (χ2n) is 4.15. The number of nitrogens with zero attached hydrogens (tertiary/aromatic N) is 1. The van der Waals surface area contributed by atoms with Gasteiger partial charge in [-0.05, 0) is 33.9 Å². The average Bonchev–Trinajstić information content (AvgIpc) is 2.08. The summed E-state index contributed by atoms with van der Waals surface area (Å²) in [5.74, 6) is 0. The van der Waals surface area contributed by atoms with Crippen LogP contribution in [0.5, 0.6) is 0 Å². The molecule has 0 radical (unpaired) electrons. The molecule has 1 aliphatic heterocycles. The van der Waals surface area contributed by atoms with Gasteiger partial charge in [0.25, 0.3) is 0 Å². The first-order valence-electron chi connectivity index (χ1n) is 5.06. The molecule has 1 rings (SSSR count). The normalized spacial score (nSPS) is 41.1. The fourth-order valence-corrected chi connectivity index (χ4v) is 2.02. The van der Waals surface area contributed by atoms with E-state index in [2.05, 4.69) is 18.7 Å². The van der Waals surface area contributed by atoms with Gasteiger partial charge in [0.05, 0.1) is 18.3 Å². The Morgan fingerprint density at radius 3 is 2.54 bits per heavy atom. The summed E-state index contributed by atoms with van der Waals surface area (Å²) in [6.07, 6.45) is 1.74. The molecule has 0 aliphatic carbocycles. The Morgan fingerprint density at radius 2 is 2.08 bits per heavy atom. The molecular weight excluding hydrogens is 166 g/mol. The van der Waals surface area contributed by atoms with Crippen LogP contribution < -0.4 is 0 Å². The van der Waals surface area contributed by atoms with E-state index in [-0.39, 0.29) is 24.4 Å². The van der Waals surface area contributed by atoms with Gasteiger partial charge in [-0.3, -0.25) is 0 Å². The van der Waals surface area contributed by atoms with Gasteiger partial charge in [-0.1, -0.05) is 6.92 Å². The predicted molar refractivity (Wildman–Crippen MR) is 52.7 cm³/mol. The molecule has 1 aliphatic rings. The zero-order valence-corrected chi connectivity index (χ0v) is 9.03. The van der Waals surface area contributed by atoms with E-state index >= 15 is 0 Å². The highest BCUT2D eigenvalue weighted by Crippen LogP contribution is 2.24. The van der Waals surface area contributed by atoms with Crippen LogP contribution in [0.15, 0.2) is 0 Å². The van der Waals surface area contributed by atoms with Crippen molar-refractivity contribution in [2.24, 2.45) is 0 Å². The number of aliphatic hydroxyl groups is 1. The minimum absolute atomic E-state index is 0.0103. The summed E-state index contributed by atoms with van der Waals surface area (Å²) in [4.78, 5) is 2.09. The molecule has 0 spiro atoms. The van der Waals surface area contributed by atoms with Crippen LogP contribution in [-0.4, -0.2) is 48.5 Å². The Kier molecular flexibility index (Phi) is 3.71. The molecule has 0 aromatic rings. The highest BCUT2D eigenvalue weighted by Gasteiger charge is 2.35. The van der Waals surface area contributed by atoms with Crippen LogP contribution in [0.1, 0.15) is 26.7 Å². The number of rotatable bonds is 2. The molecule has 3 nitrogen and oxygen atoms in total. The van der Waals surface area contributed by atoms with Crippen molar-refractivity contribution in [3.05, 3.63) is 0 Å². The van der Waals surface area contributed by atoms with Crippen LogP contribution >= 0.6 is 0 Å². The van der Waals surface area contributed by atoms with Crippen molar-refractivity contribution in [1.82, 2.24) is 4.90 Å². The van der Waals surface area contributed by atoms with E-state index < -0.39 is 0 Å². The number of hydrogen-bond acceptors (Lipinski definition) is 3. The molecule has 13 heavy (non-hydrogen) atoms. The van der Waals surface area contributed by atoms with E-state index in [1.807, 2.05) is 14.1 Å². The van der Waals surface area contributed by atoms with Crippen molar-refractivity contribution < 1.29 is 9.84 Å². The molecular formula is C10H21NO2. The minimum atomic E-state index is -0.337. The predicted octanol–water partition coefficient (Wildman–Crippen LogP) is 0.865. The molecule has 0 saturated carbocycles. The Hall–Kier alpha value is -0.120. The standard InChI is InChI=1S/C10H21NO2/c1-5-9-10(12)8(11(3)4)6-7(2)13-9/h7-10,12H,5-6H2,1-4H3/t7?,8?,9?,10-/m1/s1. The van der Waals surface area contributed by atoms with Gasteiger partial charge in [0.2, 0.25) is 0 Å². The lowest BCUT2D eigenvalue weighted by Crippen LogP contribution is -2.52. The van der Waals surface area contributed by atoms with Crippen LogP contribution in [0.4, 0.5) is 0 Å². The topological polar surface area (TPSA) is 32.7 Å². The molecule has 1 fully saturated rings. The molecule has 0 bridgehead atoms. The number of ether oxygens (including phenoxy) is 1. The zero-order chi connectivity index (χ0) is 10.0. The van der Waals surface area contributed by atoms with E-state index in [9.17, 15) is 5.11 Å². The SMILES string of the molecule is CCC1OC(C)CC(N(C)C)[C@H]1O. The maximum Gasteiger partial charge on any atom is 0.0957 e. The summed E-state index contributed by atoms with van der Waals surface area (Å²) >= 11 is 0. The molecule has 0 aromatic carbocycles. The first-order chi connectivity index (χ1) is 6.06. The highest BCUT2D eigenvalue weighted by molar-refractivity contribution is 4.88. The highest BCUT2D eigenvalue weighted by atomic mass is 16.5. The summed E-state index contributed by atoms with van der Waals surface area (Å²) < 4.78 is 5.65. The fourth-order valence-electron chi connectivity index (χ4n) is 2.02. The largest absolute Gasteiger partial charge is 0.389 e. The Labute approximate surface area is 80.7 Å². The molecule has 0 amide bonds. The van der Waals surface area contributed by atoms with Gasteiger partial charge in [0.1, 0.15) is 0 Å². The lowest BCUT2D eigenvalue weighted by Gasteiger charge is -2.41. The molecule has 78 valence electrons. The summed E-state index contributed by atoms with van der Waals surface area (Å²) in [6.45, 7) is 4.13. The fraction of sp³-hybridized carbons (Fsp3) is 1.00. The molecule has 1 heterocycles. The van der Waals surface area contributed by atoms with Crippen LogP contribution in [-0.2, 0) is 4.74 Å². The lowest BCUT2D eigenvalue weighted by molar-refractivity contribution is -0.142. The second kappa shape index (κ2) is 4.40. The Bertz CT molecular complexity index is 161. The van der Waals surface area contributed by atoms with Gasteiger partial charge < -0.3 is 14.7 Å². The van der Waals surface area contributed by atoms with Gasteiger partial charge in [-0.15, -0.1) is 0 Å². The van der Waals surface area contributed by atoms with Crippen LogP contribution in [0.3, 0.4) is 0 Å². The molecule has 4 atom stereocenters. The molecule has 1 saturated heterocycles. The maximum absolute atomic E-state index is 9.95. The first kappa shape index (κ1) is 11.0. The third kappa shape index (κ3) is 2.42. The number of aliphatic hydroxyl groups excluding tert-OH is 1. The van der Waals surface area contributed by atoms with Gasteiger partial charge in [0.15, 0.2) is 0 Å². The van der Waals surface area contributed by atoms with Crippen molar-refractivity contribution in [1.29, 1.82) is 0 Å². The van der Waals surface area contributed by atoms with Crippen molar-refractivity contribution in [2.75, 3.05) is 14.1 Å². The van der Waals surface area contributed by atoms with Crippen molar-refractivity contribution in [3.63, 3.8) is 0 Å². The number of hydrogen-bond donors (Lipinski definition) is 1. The third-order valence-corrected chi connectivity index (χ3v) is 2.82. The van der Waals surface area contributed by atoms with E-state index in [4.69, 9.17) is 4.74 Å². The van der Waals surface area contributed by atoms with Gasteiger partial charge in [-0.25, -0.2) is 0 Å². The molecule has 3 unspecified atom stereocenters. The van der Waals surface area contributed by atoms with Crippen molar-refractivity contribution >= 4 is 0 Å². The second-order valence-corrected chi connectivity index (χ2v) is 4.15. The van der Waals surface area contributed by atoms with E-state index in [0.717, 1.165) is 12.8 Å². The van der Waals surface area contributed by atoms with E-state index in [1.165, 1.54) is 0 Å². The van der Waals surface area contributed by atoms with E-state index in [1.54, 1.807) is 0 Å². The minimum Gasteiger partial charge on any atom is -0.389 e. The van der Waals surface area contributed by atoms with Gasteiger partial charge in [-0.2, -0.15) is 0 Å². The van der Waals surface area contributed by atoms with Crippen molar-refractivity contribution in [3.8, 4) is 0 Å². The van der Waals surface area contributed by atoms with Crippen LogP contribution in [0, 0.1) is 0 Å². The maximum atomic E-state index is 9.95. The number of likely N-dealkylation sites (N-methyl/N-ethyl adjacent to an activating group) is 1. The van der Waals surface area contributed by atoms with E-state index in [0.29, 0.717) is 0 Å². The quantitative estimate of drug-likeness (QED) is 0.696. The Balaban J connectivity index is 2.63. The molecule has 1 N–H and O–H groups in total. The van der Waals surface area contributed by atoms with Gasteiger partial charge >= 0.3 is 0 Å². The van der Waals surface area contributed by atoms with Crippen molar-refractivity contribution in [2.45, 2.75) is 51.0 Å². The average molecular weight is 187 g/mol. The summed E-state index contributed by atoms with van der Waals surface area (Å²) in [7, 11) is 4.03. The summed E-state index contributed by atoms with van der Waals surface area (Å²) in [5, 5.41) is 9.95. The molecule has 3 heteroatoms. The molecule has 0 aromatic heterocycles. The Morgan fingerprint density at radius 1 is 1.46 bits per heavy atom. The lowest BCUT2D eigenvalue weighted by atomic mass is 9.94. The van der Waals surface area contributed by atoms with Crippen LogP contribution in [0.2, 0.25) is 0 Å². The zero-order valence-electron chi connectivity index (χ0n) is 9.03. The third-order valence-electron chi connectivity index (χ3n) is 2.82. The van der Waals surface area contributed by atoms with Crippen LogP contribution in [0.25, 0.3) is 0 Å². The first-order valence-corrected chi connectivity index (χ1v) is 5.06. The van der Waals surface area contributed by atoms with Gasteiger partial charge in [0, 0.05) is 6.04 Å².